The molecule has 1 atom stereocenters. The fourth-order valence-corrected chi connectivity index (χ4v) is 4.95. The molecule has 7 heteroatoms. The van der Waals surface area contributed by atoms with E-state index in [1.807, 2.05) is 36.9 Å². The number of carbonyl (C=O) groups is 2. The van der Waals surface area contributed by atoms with E-state index < -0.39 is 5.60 Å². The molecule has 2 aromatic rings. The van der Waals surface area contributed by atoms with E-state index in [2.05, 4.69) is 22.4 Å². The van der Waals surface area contributed by atoms with Crippen molar-refractivity contribution in [2.24, 2.45) is 0 Å². The first-order valence-corrected chi connectivity index (χ1v) is 10.6. The predicted molar refractivity (Wildman–Crippen MR) is 107 cm³/mol. The van der Waals surface area contributed by atoms with Crippen molar-refractivity contribution in [3.63, 3.8) is 0 Å². The van der Waals surface area contributed by atoms with E-state index in [0.29, 0.717) is 5.01 Å². The molecule has 148 valence electrons. The molecule has 1 N–H and O–H groups in total. The first-order valence-electron chi connectivity index (χ1n) is 9.72. The summed E-state index contributed by atoms with van der Waals surface area (Å²) >= 11 is 1.35. The number of hydrogen-bond acceptors (Lipinski definition) is 5. The lowest BCUT2D eigenvalue weighted by Crippen LogP contribution is -2.46. The molecule has 1 aromatic carbocycles. The highest BCUT2D eigenvalue weighted by molar-refractivity contribution is 7.11. The topological polar surface area (TPSA) is 71.5 Å². The molecule has 0 spiro atoms. The third-order valence-electron chi connectivity index (χ3n) is 5.67. The van der Waals surface area contributed by atoms with Gasteiger partial charge in [0.25, 0.3) is 5.91 Å². The molecule has 1 saturated heterocycles. The van der Waals surface area contributed by atoms with Gasteiger partial charge in [0, 0.05) is 23.7 Å². The van der Waals surface area contributed by atoms with Crippen LogP contribution in [0.4, 0.5) is 4.79 Å². The second kappa shape index (κ2) is 7.54. The Balaban J connectivity index is 1.44. The van der Waals surface area contributed by atoms with Gasteiger partial charge in [-0.3, -0.25) is 9.69 Å². The zero-order chi connectivity index (χ0) is 19.7. The monoisotopic (exact) mass is 399 g/mol. The molecule has 1 aliphatic heterocycles. The number of hydrogen-bond donors (Lipinski definition) is 1. The minimum Gasteiger partial charge on any atom is -0.441 e. The Labute approximate surface area is 168 Å². The number of amides is 2. The van der Waals surface area contributed by atoms with Crippen LogP contribution in [0.2, 0.25) is 0 Å². The number of nitrogens with zero attached hydrogens (tertiary/aromatic N) is 2. The molecule has 1 aliphatic carbocycles. The smallest absolute Gasteiger partial charge is 0.411 e. The van der Waals surface area contributed by atoms with Crippen molar-refractivity contribution < 1.29 is 14.3 Å². The minimum absolute atomic E-state index is 0.104. The summed E-state index contributed by atoms with van der Waals surface area (Å²) in [4.78, 5) is 30.9. The molecular weight excluding hydrogens is 374 g/mol. The van der Waals surface area contributed by atoms with Gasteiger partial charge >= 0.3 is 6.09 Å². The van der Waals surface area contributed by atoms with Gasteiger partial charge in [-0.2, -0.15) is 0 Å². The van der Waals surface area contributed by atoms with Crippen molar-refractivity contribution in [2.75, 3.05) is 0 Å². The third kappa shape index (κ3) is 3.63. The molecule has 1 saturated carbocycles. The maximum absolute atomic E-state index is 12.7. The van der Waals surface area contributed by atoms with Crippen LogP contribution in [-0.4, -0.2) is 39.6 Å². The summed E-state index contributed by atoms with van der Waals surface area (Å²) in [6.07, 6.45) is 4.77. The highest BCUT2D eigenvalue weighted by Crippen LogP contribution is 2.44. The van der Waals surface area contributed by atoms with Crippen LogP contribution in [0.5, 0.6) is 0 Å². The summed E-state index contributed by atoms with van der Waals surface area (Å²) in [5.74, 6) is -0.109. The normalized spacial score (nSPS) is 26.7. The van der Waals surface area contributed by atoms with E-state index in [4.69, 9.17) is 4.74 Å². The molecule has 2 amide bonds. The summed E-state index contributed by atoms with van der Waals surface area (Å²) in [5, 5.41) is 5.38. The molecule has 0 bridgehead atoms. The average molecular weight is 400 g/mol. The number of nitrogens with one attached hydrogen (secondary N) is 1. The predicted octanol–water partition coefficient (Wildman–Crippen LogP) is 4.16. The van der Waals surface area contributed by atoms with Gasteiger partial charge in [-0.15, -0.1) is 11.3 Å². The number of ether oxygens (including phenoxy) is 1. The van der Waals surface area contributed by atoms with Crippen LogP contribution >= 0.6 is 11.3 Å². The van der Waals surface area contributed by atoms with Crippen molar-refractivity contribution in [3.05, 3.63) is 52.5 Å². The Morgan fingerprint density at radius 1 is 1.21 bits per heavy atom. The van der Waals surface area contributed by atoms with E-state index in [0.717, 1.165) is 31.2 Å². The Bertz CT molecular complexity index is 830. The van der Waals surface area contributed by atoms with E-state index >= 15 is 0 Å². The Morgan fingerprint density at radius 2 is 1.93 bits per heavy atom. The largest absolute Gasteiger partial charge is 0.441 e. The molecule has 0 radical (unpaired) electrons. The fraction of sp³-hybridized carbons (Fsp3) is 0.476. The van der Waals surface area contributed by atoms with Gasteiger partial charge in [0.05, 0.1) is 6.04 Å². The average Bonchev–Trinajstić information content (AvgIpc) is 3.29. The van der Waals surface area contributed by atoms with Crippen LogP contribution in [0.15, 0.2) is 41.9 Å². The first kappa shape index (κ1) is 18.9. The Morgan fingerprint density at radius 3 is 2.57 bits per heavy atom. The SMILES string of the molecule is CC1(C)OC(=O)N(C2CCC(NC(=O)c3nccs3)CC2)[C@H]1c1ccccc1. The van der Waals surface area contributed by atoms with Gasteiger partial charge in [0.1, 0.15) is 5.60 Å². The van der Waals surface area contributed by atoms with E-state index in [-0.39, 0.29) is 30.1 Å². The van der Waals surface area contributed by atoms with E-state index in [1.165, 1.54) is 11.3 Å². The van der Waals surface area contributed by atoms with E-state index in [1.54, 1.807) is 11.6 Å². The molecule has 2 heterocycles. The van der Waals surface area contributed by atoms with Crippen LogP contribution in [0.25, 0.3) is 0 Å². The highest BCUT2D eigenvalue weighted by Gasteiger charge is 2.51. The number of cyclic esters (lactones) is 1. The van der Waals surface area contributed by atoms with E-state index in [9.17, 15) is 9.59 Å². The zero-order valence-electron chi connectivity index (χ0n) is 16.1. The molecule has 4 rings (SSSR count). The standard InChI is InChI=1S/C21H25N3O3S/c1-21(2)17(14-6-4-3-5-7-14)24(20(26)27-21)16-10-8-15(9-11-16)23-18(25)19-22-12-13-28-19/h3-7,12-13,15-17H,8-11H2,1-2H3,(H,23,25)/t15?,16?,17-/m0/s1. The summed E-state index contributed by atoms with van der Waals surface area (Å²) in [6, 6.07) is 10.2. The van der Waals surface area contributed by atoms with Crippen molar-refractivity contribution in [2.45, 2.75) is 63.3 Å². The third-order valence-corrected chi connectivity index (χ3v) is 6.44. The van der Waals surface area contributed by atoms with Crippen LogP contribution in [0, 0.1) is 0 Å². The van der Waals surface area contributed by atoms with Crippen molar-refractivity contribution in [1.82, 2.24) is 15.2 Å². The second-order valence-electron chi connectivity index (χ2n) is 8.01. The molecule has 2 fully saturated rings. The number of thiazole rings is 1. The van der Waals surface area contributed by atoms with Gasteiger partial charge < -0.3 is 10.1 Å². The van der Waals surface area contributed by atoms with Crippen molar-refractivity contribution in [3.8, 4) is 0 Å². The van der Waals surface area contributed by atoms with Crippen molar-refractivity contribution in [1.29, 1.82) is 0 Å². The quantitative estimate of drug-likeness (QED) is 0.838. The van der Waals surface area contributed by atoms with Crippen LogP contribution in [0.1, 0.15) is 60.9 Å². The molecule has 6 nitrogen and oxygen atoms in total. The molecule has 0 unspecified atom stereocenters. The molecular formula is C21H25N3O3S. The van der Waals surface area contributed by atoms with Crippen LogP contribution in [0.3, 0.4) is 0 Å². The van der Waals surface area contributed by atoms with Crippen LogP contribution in [-0.2, 0) is 4.74 Å². The van der Waals surface area contributed by atoms with Gasteiger partial charge in [-0.05, 0) is 45.1 Å². The molecule has 28 heavy (non-hydrogen) atoms. The maximum Gasteiger partial charge on any atom is 0.411 e. The summed E-state index contributed by atoms with van der Waals surface area (Å²) < 4.78 is 5.73. The highest BCUT2D eigenvalue weighted by atomic mass is 32.1. The lowest BCUT2D eigenvalue weighted by molar-refractivity contribution is 0.0663. The first-order chi connectivity index (χ1) is 13.5. The Hall–Kier alpha value is -2.41. The fourth-order valence-electron chi connectivity index (χ4n) is 4.41. The zero-order valence-corrected chi connectivity index (χ0v) is 16.9. The molecule has 1 aromatic heterocycles. The number of benzene rings is 1. The number of carbonyl (C=O) groups excluding carboxylic acids is 2. The van der Waals surface area contributed by atoms with Gasteiger partial charge in [0.2, 0.25) is 0 Å². The van der Waals surface area contributed by atoms with Gasteiger partial charge in [0.15, 0.2) is 5.01 Å². The minimum atomic E-state index is -0.575. The number of rotatable bonds is 4. The lowest BCUT2D eigenvalue weighted by atomic mass is 9.86. The summed E-state index contributed by atoms with van der Waals surface area (Å²) in [7, 11) is 0. The summed E-state index contributed by atoms with van der Waals surface area (Å²) in [5.41, 5.74) is 0.520. The second-order valence-corrected chi connectivity index (χ2v) is 8.90. The maximum atomic E-state index is 12.7. The van der Waals surface area contributed by atoms with Crippen molar-refractivity contribution >= 4 is 23.3 Å². The Kier molecular flexibility index (Phi) is 5.10. The van der Waals surface area contributed by atoms with Crippen LogP contribution < -0.4 is 5.32 Å². The van der Waals surface area contributed by atoms with Gasteiger partial charge in [-0.25, -0.2) is 9.78 Å². The number of aromatic nitrogens is 1. The molecule has 2 aliphatic rings. The van der Waals surface area contributed by atoms with Gasteiger partial charge in [-0.1, -0.05) is 30.3 Å². The summed E-state index contributed by atoms with van der Waals surface area (Å²) in [6.45, 7) is 3.95. The lowest BCUT2D eigenvalue weighted by Gasteiger charge is -2.38.